The van der Waals surface area contributed by atoms with Gasteiger partial charge in [-0.1, -0.05) is 29.8 Å². The minimum atomic E-state index is -3.88. The van der Waals surface area contributed by atoms with E-state index < -0.39 is 15.9 Å². The zero-order chi connectivity index (χ0) is 26.7. The summed E-state index contributed by atoms with van der Waals surface area (Å²) >= 11 is 6.26. The number of sulfonamides is 1. The lowest BCUT2D eigenvalue weighted by Gasteiger charge is -2.40. The Balaban J connectivity index is 1.52. The predicted octanol–water partition coefficient (Wildman–Crippen LogP) is 3.83. The van der Waals surface area contributed by atoms with Gasteiger partial charge in [0.25, 0.3) is 5.91 Å². The monoisotopic (exact) mass is 557 g/mol. The molecule has 3 aliphatic rings. The van der Waals surface area contributed by atoms with Crippen molar-refractivity contribution in [2.24, 2.45) is 11.8 Å². The Morgan fingerprint density at radius 1 is 1.00 bits per heavy atom. The van der Waals surface area contributed by atoms with Crippen molar-refractivity contribution in [3.8, 4) is 5.75 Å². The molecule has 2 bridgehead atoms. The average Bonchev–Trinajstić information content (AvgIpc) is 2.88. The van der Waals surface area contributed by atoms with Gasteiger partial charge in [0, 0.05) is 36.1 Å². The molecule has 2 aromatic rings. The number of fused-ring (bicyclic) bond motifs is 3. The number of nitrogens with one attached hydrogen (secondary N) is 2. The zero-order valence-electron chi connectivity index (χ0n) is 21.1. The number of carbonyl (C=O) groups is 2. The van der Waals surface area contributed by atoms with Crippen LogP contribution in [0.25, 0.3) is 0 Å². The second-order valence-corrected chi connectivity index (χ2v) is 12.4. The number of halogens is 1. The number of benzene rings is 2. The SMILES string of the molecule is O=C1NS(=O)(=O)C/C=C\CNC(=O)[C@@H]2CC[C@H]2CN2CCCCc3cc(Cl)ccc3COc3ccc1cc32. The van der Waals surface area contributed by atoms with Gasteiger partial charge in [-0.3, -0.25) is 9.59 Å². The van der Waals surface area contributed by atoms with Crippen molar-refractivity contribution in [3.63, 3.8) is 0 Å². The molecule has 2 N–H and O–H groups in total. The number of anilines is 1. The lowest BCUT2D eigenvalue weighted by atomic mass is 9.72. The van der Waals surface area contributed by atoms with Crippen LogP contribution in [0.2, 0.25) is 5.02 Å². The summed E-state index contributed by atoms with van der Waals surface area (Å²) in [4.78, 5) is 28.0. The highest BCUT2D eigenvalue weighted by Crippen LogP contribution is 2.39. The molecule has 2 aromatic carbocycles. The number of hydrogen-bond acceptors (Lipinski definition) is 6. The summed E-state index contributed by atoms with van der Waals surface area (Å²) in [7, 11) is -3.88. The van der Waals surface area contributed by atoms with Gasteiger partial charge in [0.2, 0.25) is 15.9 Å². The Kier molecular flexibility index (Phi) is 7.95. The minimum absolute atomic E-state index is 0.00965. The number of rotatable bonds is 0. The average molecular weight is 558 g/mol. The molecule has 8 nitrogen and oxygen atoms in total. The molecule has 38 heavy (non-hydrogen) atoms. The van der Waals surface area contributed by atoms with E-state index in [0.29, 0.717) is 30.5 Å². The van der Waals surface area contributed by atoms with Crippen LogP contribution in [0.3, 0.4) is 0 Å². The van der Waals surface area contributed by atoms with Crippen LogP contribution < -0.4 is 19.7 Å². The first-order valence-corrected chi connectivity index (χ1v) is 15.1. The van der Waals surface area contributed by atoms with E-state index in [-0.39, 0.29) is 35.6 Å². The van der Waals surface area contributed by atoms with Crippen LogP contribution in [-0.4, -0.2) is 45.6 Å². The Bertz CT molecular complexity index is 1360. The van der Waals surface area contributed by atoms with Crippen LogP contribution in [0.4, 0.5) is 5.69 Å². The van der Waals surface area contributed by atoms with Crippen LogP contribution in [-0.2, 0) is 27.8 Å². The summed E-state index contributed by atoms with van der Waals surface area (Å²) in [6, 6.07) is 10.8. The summed E-state index contributed by atoms with van der Waals surface area (Å²) in [6.45, 7) is 1.94. The molecule has 1 saturated carbocycles. The quantitative estimate of drug-likeness (QED) is 0.477. The molecule has 0 spiro atoms. The lowest BCUT2D eigenvalue weighted by molar-refractivity contribution is -0.129. The normalized spacial score (nSPS) is 24.7. The summed E-state index contributed by atoms with van der Waals surface area (Å²) in [5, 5.41) is 3.59. The Morgan fingerprint density at radius 2 is 1.87 bits per heavy atom. The smallest absolute Gasteiger partial charge is 0.264 e. The molecular weight excluding hydrogens is 526 g/mol. The van der Waals surface area contributed by atoms with E-state index in [0.717, 1.165) is 48.9 Å². The molecule has 5 rings (SSSR count). The highest BCUT2D eigenvalue weighted by molar-refractivity contribution is 7.90. The Labute approximate surface area is 228 Å². The summed E-state index contributed by atoms with van der Waals surface area (Å²) in [5.41, 5.74) is 3.18. The maximum absolute atomic E-state index is 13.0. The van der Waals surface area contributed by atoms with Crippen LogP contribution >= 0.6 is 11.6 Å². The van der Waals surface area contributed by atoms with Crippen molar-refractivity contribution in [1.29, 1.82) is 0 Å². The fourth-order valence-corrected chi connectivity index (χ4v) is 6.37. The summed E-state index contributed by atoms with van der Waals surface area (Å²) < 4.78 is 33.4. The lowest BCUT2D eigenvalue weighted by Crippen LogP contribution is -2.46. The number of aryl methyl sites for hydroxylation is 1. The van der Waals surface area contributed by atoms with Crippen LogP contribution in [0.1, 0.15) is 47.2 Å². The van der Waals surface area contributed by atoms with E-state index in [1.807, 2.05) is 18.2 Å². The third-order valence-electron chi connectivity index (χ3n) is 7.57. The maximum atomic E-state index is 13.0. The second-order valence-electron chi connectivity index (χ2n) is 10.2. The van der Waals surface area contributed by atoms with Gasteiger partial charge >= 0.3 is 0 Å². The fraction of sp³-hybridized carbons (Fsp3) is 0.429. The predicted molar refractivity (Wildman–Crippen MR) is 147 cm³/mol. The molecule has 1 aliphatic carbocycles. The van der Waals surface area contributed by atoms with Gasteiger partial charge < -0.3 is 15.0 Å². The van der Waals surface area contributed by atoms with Crippen molar-refractivity contribution in [2.45, 2.75) is 38.7 Å². The van der Waals surface area contributed by atoms with Crippen molar-refractivity contribution in [2.75, 3.05) is 30.3 Å². The van der Waals surface area contributed by atoms with E-state index in [4.69, 9.17) is 16.3 Å². The molecule has 202 valence electrons. The molecular formula is C28H32ClN3O5S. The van der Waals surface area contributed by atoms with Gasteiger partial charge in [-0.05, 0) is 79.5 Å². The molecule has 10 heteroatoms. The highest BCUT2D eigenvalue weighted by atomic mass is 35.5. The zero-order valence-corrected chi connectivity index (χ0v) is 22.7. The Hall–Kier alpha value is -3.04. The number of carbonyl (C=O) groups excluding carboxylic acids is 2. The van der Waals surface area contributed by atoms with E-state index in [9.17, 15) is 18.0 Å². The summed E-state index contributed by atoms with van der Waals surface area (Å²) in [5.74, 6) is -0.359. The van der Waals surface area contributed by atoms with Gasteiger partial charge in [0.1, 0.15) is 12.4 Å². The standard InChI is InChI=1S/C28H32ClN3O5S/c29-23-9-6-22-18-37-26-11-8-20-16-25(26)32(13-3-1-5-19(22)15-23)17-21-7-10-24(21)28(34)30-12-2-4-14-38(35,36)31-27(20)33/h2,4,6,8-9,11,15-16,21,24H,1,3,5,7,10,12-14,17-18H2,(H,30,34)(H,31,33)/b4-2-/t21-,24+/m0/s1. The van der Waals surface area contributed by atoms with Gasteiger partial charge in [-0.25, -0.2) is 13.1 Å². The number of ether oxygens (including phenoxy) is 1. The minimum Gasteiger partial charge on any atom is -0.487 e. The molecule has 0 unspecified atom stereocenters. The van der Waals surface area contributed by atoms with Crippen molar-refractivity contribution in [3.05, 3.63) is 70.3 Å². The third kappa shape index (κ3) is 6.15. The van der Waals surface area contributed by atoms with E-state index >= 15 is 0 Å². The first kappa shape index (κ1) is 26.6. The molecule has 2 amide bonds. The van der Waals surface area contributed by atoms with Crippen LogP contribution in [0.15, 0.2) is 48.6 Å². The summed E-state index contributed by atoms with van der Waals surface area (Å²) in [6.07, 6.45) is 7.52. The van der Waals surface area contributed by atoms with Crippen LogP contribution in [0.5, 0.6) is 5.75 Å². The molecule has 2 aliphatic heterocycles. The van der Waals surface area contributed by atoms with Crippen LogP contribution in [0, 0.1) is 11.8 Å². The number of amides is 2. The van der Waals surface area contributed by atoms with E-state index in [2.05, 4.69) is 14.9 Å². The molecule has 0 aromatic heterocycles. The van der Waals surface area contributed by atoms with Gasteiger partial charge in [-0.2, -0.15) is 0 Å². The second kappa shape index (κ2) is 11.4. The molecule has 2 atom stereocenters. The third-order valence-corrected chi connectivity index (χ3v) is 8.93. The topological polar surface area (TPSA) is 105 Å². The molecule has 0 saturated heterocycles. The molecule has 0 radical (unpaired) electrons. The first-order valence-electron chi connectivity index (χ1n) is 13.1. The number of nitrogens with zero attached hydrogens (tertiary/aromatic N) is 1. The van der Waals surface area contributed by atoms with Gasteiger partial charge in [-0.15, -0.1) is 0 Å². The molecule has 2 heterocycles. The fourth-order valence-electron chi connectivity index (χ4n) is 5.31. The Morgan fingerprint density at radius 3 is 2.68 bits per heavy atom. The maximum Gasteiger partial charge on any atom is 0.264 e. The van der Waals surface area contributed by atoms with Gasteiger partial charge in [0.15, 0.2) is 0 Å². The van der Waals surface area contributed by atoms with Gasteiger partial charge in [0.05, 0.1) is 11.4 Å². The van der Waals surface area contributed by atoms with Crippen molar-refractivity contribution in [1.82, 2.24) is 10.0 Å². The van der Waals surface area contributed by atoms with E-state index in [1.165, 1.54) is 6.08 Å². The van der Waals surface area contributed by atoms with E-state index in [1.54, 1.807) is 24.3 Å². The van der Waals surface area contributed by atoms with Crippen molar-refractivity contribution >= 4 is 39.1 Å². The largest absolute Gasteiger partial charge is 0.487 e. The molecule has 1 fully saturated rings. The van der Waals surface area contributed by atoms with Crippen molar-refractivity contribution < 1.29 is 22.7 Å². The first-order chi connectivity index (χ1) is 18.3. The highest BCUT2D eigenvalue weighted by Gasteiger charge is 2.37. The number of hydrogen-bond donors (Lipinski definition) is 2.